The number of nitrogens with one attached hydrogen (secondary N) is 1. The van der Waals surface area contributed by atoms with Crippen LogP contribution in [0.2, 0.25) is 0 Å². The summed E-state index contributed by atoms with van der Waals surface area (Å²) in [6.45, 7) is 4.63. The lowest BCUT2D eigenvalue weighted by Crippen LogP contribution is -2.46. The lowest BCUT2D eigenvalue weighted by atomic mass is 10.0. The van der Waals surface area contributed by atoms with E-state index in [4.69, 9.17) is 9.05 Å². The summed E-state index contributed by atoms with van der Waals surface area (Å²) >= 11 is 0. The Labute approximate surface area is 577 Å². The third-order valence-electron chi connectivity index (χ3n) is 17.5. The van der Waals surface area contributed by atoms with Crippen molar-refractivity contribution >= 4 is 13.7 Å². The van der Waals surface area contributed by atoms with Gasteiger partial charge in [0.1, 0.15) is 13.2 Å². The molecule has 0 aliphatic heterocycles. The minimum absolute atomic E-state index is 0.00566. The number of phosphoric acid groups is 1. The van der Waals surface area contributed by atoms with Gasteiger partial charge >= 0.3 is 0 Å². The van der Waals surface area contributed by atoms with Gasteiger partial charge in [0.15, 0.2) is 0 Å². The van der Waals surface area contributed by atoms with Gasteiger partial charge in [-0.25, -0.2) is 0 Å². The molecule has 93 heavy (non-hydrogen) atoms. The van der Waals surface area contributed by atoms with Gasteiger partial charge in [-0.3, -0.25) is 9.36 Å². The number of amides is 1. The van der Waals surface area contributed by atoms with Crippen LogP contribution in [0, 0.1) is 0 Å². The second-order valence-corrected chi connectivity index (χ2v) is 29.1. The molecule has 0 radical (unpaired) electrons. The van der Waals surface area contributed by atoms with E-state index in [0.29, 0.717) is 23.9 Å². The van der Waals surface area contributed by atoms with E-state index in [-0.39, 0.29) is 19.1 Å². The molecule has 3 unspecified atom stereocenters. The number of hydrogen-bond acceptors (Lipinski definition) is 6. The Morgan fingerprint density at radius 2 is 0.656 bits per heavy atom. The zero-order valence-electron chi connectivity index (χ0n) is 61.7. The van der Waals surface area contributed by atoms with Crippen LogP contribution in [0.25, 0.3) is 0 Å². The maximum absolute atomic E-state index is 13.1. The second-order valence-electron chi connectivity index (χ2n) is 27.7. The van der Waals surface area contributed by atoms with Crippen molar-refractivity contribution in [2.75, 3.05) is 40.9 Å². The standard InChI is InChI=1S/C84H151N2O6P/c1-6-8-10-12-14-16-18-20-22-24-26-28-30-32-34-36-38-40-41-42-43-44-45-46-48-50-52-54-56-58-60-62-64-66-68-70-72-74-76-78-84(88)85-82(81-92-93(89,90)91-80-79-86(3,4)5)83(87)77-75-73-71-69-67-65-63-61-59-57-55-53-51-49-47-39-37-35-33-31-29-27-25-23-21-19-17-15-13-11-9-7-2/h8,10,14,16,20,22,26,28,32,34,38,40,42-43,45-46,50,52,56,58,82-83,87H,6-7,9,11-13,15,17-19,21,23-25,27,29-31,33,35-37,39,41,44,47-49,51,53-55,57,59-81H2,1-5H3,(H-,85,88,89,90)/b10-8-,16-14-,22-20-,28-26-,34-32-,40-38-,43-42-,46-45-,52-50-,58-56-. The maximum atomic E-state index is 13.1. The number of likely N-dealkylation sites (N-methyl/N-ethyl adjacent to an activating group) is 1. The highest BCUT2D eigenvalue weighted by Gasteiger charge is 2.24. The van der Waals surface area contributed by atoms with Crippen molar-refractivity contribution in [1.82, 2.24) is 5.32 Å². The molecule has 0 aromatic heterocycles. The number of carbonyl (C=O) groups excluding carboxylic acids is 1. The highest BCUT2D eigenvalue weighted by Crippen LogP contribution is 2.38. The summed E-state index contributed by atoms with van der Waals surface area (Å²) in [5, 5.41) is 14.1. The molecule has 3 atom stereocenters. The molecule has 0 aromatic carbocycles. The van der Waals surface area contributed by atoms with Gasteiger partial charge in [-0.2, -0.15) is 0 Å². The minimum atomic E-state index is -4.59. The maximum Gasteiger partial charge on any atom is 0.268 e. The molecule has 8 nitrogen and oxygen atoms in total. The number of unbranched alkanes of at least 4 members (excludes halogenated alkanes) is 39. The normalized spacial score (nSPS) is 14.2. The molecular formula is C84H151N2O6P. The summed E-state index contributed by atoms with van der Waals surface area (Å²) in [6.07, 6.45) is 109. The van der Waals surface area contributed by atoms with Crippen LogP contribution in [0.5, 0.6) is 0 Å². The fourth-order valence-electron chi connectivity index (χ4n) is 11.4. The van der Waals surface area contributed by atoms with Crippen LogP contribution in [0.15, 0.2) is 122 Å². The zero-order valence-corrected chi connectivity index (χ0v) is 62.6. The highest BCUT2D eigenvalue weighted by molar-refractivity contribution is 7.45. The van der Waals surface area contributed by atoms with Gasteiger partial charge in [0.2, 0.25) is 5.91 Å². The van der Waals surface area contributed by atoms with Crippen molar-refractivity contribution < 1.29 is 32.9 Å². The van der Waals surface area contributed by atoms with Crippen molar-refractivity contribution in [2.45, 2.75) is 366 Å². The topological polar surface area (TPSA) is 108 Å². The van der Waals surface area contributed by atoms with Crippen LogP contribution in [-0.4, -0.2) is 68.5 Å². The van der Waals surface area contributed by atoms with Gasteiger partial charge in [-0.05, 0) is 89.9 Å². The Hall–Kier alpha value is -3.10. The summed E-state index contributed by atoms with van der Waals surface area (Å²) in [6, 6.07) is -0.816. The minimum Gasteiger partial charge on any atom is -0.756 e. The van der Waals surface area contributed by atoms with E-state index in [0.717, 1.165) is 109 Å². The molecule has 0 aliphatic rings. The van der Waals surface area contributed by atoms with Gasteiger partial charge in [0.25, 0.3) is 7.82 Å². The molecule has 0 fully saturated rings. The van der Waals surface area contributed by atoms with E-state index in [2.05, 4.69) is 141 Å². The van der Waals surface area contributed by atoms with Gasteiger partial charge in [-0.1, -0.05) is 379 Å². The summed E-state index contributed by atoms with van der Waals surface area (Å²) in [5.74, 6) is -0.173. The SMILES string of the molecule is CC/C=C\C/C=C\C/C=C\C/C=C\C/C=C\C/C=C\C/C=C\C/C=C\C/C=C\C/C=C\CCCCCCCCCCC(=O)NC(COP(=O)([O-])OCC[N+](C)(C)C)C(O)CCCCCCCCCCCCCCCCCCCCCCCCCCCCCCCCCC. The second kappa shape index (κ2) is 73.2. The fourth-order valence-corrected chi connectivity index (χ4v) is 12.1. The van der Waals surface area contributed by atoms with E-state index in [1.165, 1.54) is 218 Å². The number of aliphatic hydroxyl groups is 1. The average molecular weight is 1320 g/mol. The Kier molecular flexibility index (Phi) is 70.7. The van der Waals surface area contributed by atoms with Crippen molar-refractivity contribution in [2.24, 2.45) is 0 Å². The van der Waals surface area contributed by atoms with Gasteiger partial charge in [-0.15, -0.1) is 0 Å². The first-order chi connectivity index (χ1) is 45.5. The highest BCUT2D eigenvalue weighted by atomic mass is 31.2. The third kappa shape index (κ3) is 76.1. The number of hydrogen-bond donors (Lipinski definition) is 2. The molecule has 538 valence electrons. The lowest BCUT2D eigenvalue weighted by molar-refractivity contribution is -0.870. The molecule has 0 saturated heterocycles. The Morgan fingerprint density at radius 3 is 0.957 bits per heavy atom. The van der Waals surface area contributed by atoms with E-state index < -0.39 is 20.0 Å². The first-order valence-electron chi connectivity index (χ1n) is 39.4. The number of rotatable bonds is 72. The molecular weight excluding hydrogens is 1160 g/mol. The Morgan fingerprint density at radius 1 is 0.387 bits per heavy atom. The van der Waals surface area contributed by atoms with E-state index >= 15 is 0 Å². The monoisotopic (exact) mass is 1320 g/mol. The summed E-state index contributed by atoms with van der Waals surface area (Å²) in [4.78, 5) is 25.7. The Bertz CT molecular complexity index is 1940. The molecule has 1 amide bonds. The van der Waals surface area contributed by atoms with Crippen LogP contribution < -0.4 is 10.2 Å². The number of quaternary nitrogens is 1. The lowest BCUT2D eigenvalue weighted by Gasteiger charge is -2.30. The van der Waals surface area contributed by atoms with E-state index in [1.807, 2.05) is 21.1 Å². The van der Waals surface area contributed by atoms with Crippen LogP contribution in [-0.2, 0) is 18.4 Å². The van der Waals surface area contributed by atoms with Crippen LogP contribution in [0.3, 0.4) is 0 Å². The third-order valence-corrected chi connectivity index (χ3v) is 18.4. The number of carbonyl (C=O) groups is 1. The van der Waals surface area contributed by atoms with Crippen LogP contribution >= 0.6 is 7.82 Å². The molecule has 0 rings (SSSR count). The van der Waals surface area contributed by atoms with E-state index in [9.17, 15) is 19.4 Å². The first-order valence-corrected chi connectivity index (χ1v) is 40.8. The largest absolute Gasteiger partial charge is 0.756 e. The number of nitrogens with zero attached hydrogens (tertiary/aromatic N) is 1. The molecule has 2 N–H and O–H groups in total. The average Bonchev–Trinajstić information content (AvgIpc) is 1.94. The zero-order chi connectivity index (χ0) is 67.6. The molecule has 0 heterocycles. The molecule has 9 heteroatoms. The van der Waals surface area contributed by atoms with Crippen molar-refractivity contribution in [3.8, 4) is 0 Å². The summed E-state index contributed by atoms with van der Waals surface area (Å²) in [5.41, 5.74) is 0. The van der Waals surface area contributed by atoms with Gasteiger partial charge < -0.3 is 28.8 Å². The number of aliphatic hydroxyl groups excluding tert-OH is 1. The van der Waals surface area contributed by atoms with Crippen LogP contribution in [0.1, 0.15) is 354 Å². The molecule has 0 bridgehead atoms. The molecule has 0 aromatic rings. The molecule has 0 aliphatic carbocycles. The predicted molar refractivity (Wildman–Crippen MR) is 408 cm³/mol. The van der Waals surface area contributed by atoms with Crippen LogP contribution in [0.4, 0.5) is 0 Å². The fraction of sp³-hybridized carbons (Fsp3) is 0.750. The van der Waals surface area contributed by atoms with Gasteiger partial charge in [0.05, 0.1) is 39.9 Å². The predicted octanol–water partition coefficient (Wildman–Crippen LogP) is 25.3. The molecule has 0 saturated carbocycles. The number of allylic oxidation sites excluding steroid dienone is 20. The van der Waals surface area contributed by atoms with Gasteiger partial charge in [0, 0.05) is 6.42 Å². The Balaban J connectivity index is 4.05. The first kappa shape index (κ1) is 89.9. The quantitative estimate of drug-likeness (QED) is 0.0272. The van der Waals surface area contributed by atoms with Crippen molar-refractivity contribution in [3.05, 3.63) is 122 Å². The smallest absolute Gasteiger partial charge is 0.268 e. The van der Waals surface area contributed by atoms with Crippen molar-refractivity contribution in [3.63, 3.8) is 0 Å². The summed E-state index contributed by atoms with van der Waals surface area (Å²) in [7, 11) is 1.30. The summed E-state index contributed by atoms with van der Waals surface area (Å²) < 4.78 is 23.6. The number of phosphoric ester groups is 1. The van der Waals surface area contributed by atoms with Crippen molar-refractivity contribution in [1.29, 1.82) is 0 Å². The molecule has 0 spiro atoms. The van der Waals surface area contributed by atoms with E-state index in [1.54, 1.807) is 0 Å².